The van der Waals surface area contributed by atoms with Gasteiger partial charge in [-0.1, -0.05) is 6.92 Å². The first-order chi connectivity index (χ1) is 11.2. The predicted octanol–water partition coefficient (Wildman–Crippen LogP) is 1.66. The molecule has 1 aliphatic carbocycles. The van der Waals surface area contributed by atoms with Crippen LogP contribution < -0.4 is 10.6 Å². The van der Waals surface area contributed by atoms with E-state index in [0.717, 1.165) is 77.1 Å². The van der Waals surface area contributed by atoms with E-state index >= 15 is 0 Å². The fourth-order valence-electron chi connectivity index (χ4n) is 3.09. The van der Waals surface area contributed by atoms with E-state index in [-0.39, 0.29) is 24.0 Å². The number of likely N-dealkylation sites (tertiary alicyclic amines) is 1. The number of guanidine groups is 1. The zero-order valence-corrected chi connectivity index (χ0v) is 17.6. The molecule has 1 heterocycles. The van der Waals surface area contributed by atoms with Crippen LogP contribution in [0.25, 0.3) is 0 Å². The highest BCUT2D eigenvalue weighted by molar-refractivity contribution is 14.0. The minimum absolute atomic E-state index is 0. The number of halogens is 1. The molecule has 140 valence electrons. The molecule has 6 nitrogen and oxygen atoms in total. The topological polar surface area (TPSA) is 60.0 Å². The molecular weight excluding hydrogens is 417 g/mol. The van der Waals surface area contributed by atoms with Crippen molar-refractivity contribution >= 4 is 35.8 Å². The average Bonchev–Trinajstić information content (AvgIpc) is 3.31. The maximum atomic E-state index is 11.6. The number of likely N-dealkylation sites (N-methyl/N-ethyl adjacent to an activating group) is 1. The van der Waals surface area contributed by atoms with Crippen molar-refractivity contribution in [1.82, 2.24) is 20.4 Å². The van der Waals surface area contributed by atoms with Crippen LogP contribution in [0, 0.1) is 0 Å². The molecule has 0 bridgehead atoms. The number of nitrogens with zero attached hydrogens (tertiary/aromatic N) is 3. The third-order valence-electron chi connectivity index (χ3n) is 4.53. The molecule has 0 spiro atoms. The largest absolute Gasteiger partial charge is 0.357 e. The molecule has 1 saturated heterocycles. The highest BCUT2D eigenvalue weighted by Crippen LogP contribution is 2.25. The summed E-state index contributed by atoms with van der Waals surface area (Å²) >= 11 is 0. The molecule has 1 amide bonds. The van der Waals surface area contributed by atoms with Crippen LogP contribution >= 0.6 is 24.0 Å². The van der Waals surface area contributed by atoms with Crippen LogP contribution in [0.4, 0.5) is 0 Å². The lowest BCUT2D eigenvalue weighted by Crippen LogP contribution is -2.42. The second-order valence-electron chi connectivity index (χ2n) is 6.39. The second kappa shape index (κ2) is 11.9. The van der Waals surface area contributed by atoms with Crippen molar-refractivity contribution < 1.29 is 4.79 Å². The minimum Gasteiger partial charge on any atom is -0.357 e. The van der Waals surface area contributed by atoms with Gasteiger partial charge in [0, 0.05) is 51.7 Å². The van der Waals surface area contributed by atoms with Gasteiger partial charge >= 0.3 is 0 Å². The molecule has 0 unspecified atom stereocenters. The van der Waals surface area contributed by atoms with Crippen LogP contribution in [-0.4, -0.2) is 73.5 Å². The van der Waals surface area contributed by atoms with Crippen molar-refractivity contribution in [3.05, 3.63) is 0 Å². The molecule has 7 heteroatoms. The van der Waals surface area contributed by atoms with E-state index < -0.39 is 0 Å². The Labute approximate surface area is 163 Å². The van der Waals surface area contributed by atoms with Crippen LogP contribution in [-0.2, 0) is 4.79 Å². The van der Waals surface area contributed by atoms with E-state index in [0.29, 0.717) is 5.91 Å². The van der Waals surface area contributed by atoms with Gasteiger partial charge in [0.15, 0.2) is 5.96 Å². The van der Waals surface area contributed by atoms with Gasteiger partial charge in [0.1, 0.15) is 0 Å². The van der Waals surface area contributed by atoms with E-state index in [2.05, 4.69) is 34.4 Å². The average molecular weight is 451 g/mol. The minimum atomic E-state index is 0. The quantitative estimate of drug-likeness (QED) is 0.230. The first-order valence-electron chi connectivity index (χ1n) is 9.28. The molecule has 2 fully saturated rings. The van der Waals surface area contributed by atoms with E-state index in [9.17, 15) is 4.79 Å². The summed E-state index contributed by atoms with van der Waals surface area (Å²) in [4.78, 5) is 20.7. The normalized spacial score (nSPS) is 18.0. The Morgan fingerprint density at radius 1 is 1.33 bits per heavy atom. The molecular formula is C17H34IN5O. The molecule has 2 N–H and O–H groups in total. The smallest absolute Gasteiger partial charge is 0.222 e. The SMILES string of the molecule is CCNC(=NCCCN1CCCC1=O)NCCN(CC)C1CC1.I. The number of carbonyl (C=O) groups is 1. The van der Waals surface area contributed by atoms with Gasteiger partial charge < -0.3 is 15.5 Å². The molecule has 2 rings (SSSR count). The first kappa shape index (κ1) is 21.5. The lowest BCUT2D eigenvalue weighted by atomic mass is 10.4. The highest BCUT2D eigenvalue weighted by Gasteiger charge is 2.27. The summed E-state index contributed by atoms with van der Waals surface area (Å²) in [5.41, 5.74) is 0. The lowest BCUT2D eigenvalue weighted by Gasteiger charge is -2.20. The van der Waals surface area contributed by atoms with Crippen molar-refractivity contribution in [2.45, 2.75) is 52.0 Å². The number of carbonyl (C=O) groups excluding carboxylic acids is 1. The first-order valence-corrected chi connectivity index (χ1v) is 9.28. The molecule has 24 heavy (non-hydrogen) atoms. The van der Waals surface area contributed by atoms with Crippen molar-refractivity contribution in [1.29, 1.82) is 0 Å². The van der Waals surface area contributed by atoms with Crippen LogP contribution in [0.3, 0.4) is 0 Å². The number of hydrogen-bond donors (Lipinski definition) is 2. The van der Waals surface area contributed by atoms with Gasteiger partial charge in [-0.25, -0.2) is 0 Å². The number of rotatable bonds is 10. The Bertz CT molecular complexity index is 400. The zero-order chi connectivity index (χ0) is 16.5. The van der Waals surface area contributed by atoms with Gasteiger partial charge in [-0.3, -0.25) is 14.7 Å². The van der Waals surface area contributed by atoms with Crippen LogP contribution in [0.1, 0.15) is 46.0 Å². The summed E-state index contributed by atoms with van der Waals surface area (Å²) < 4.78 is 0. The number of nitrogens with one attached hydrogen (secondary N) is 2. The van der Waals surface area contributed by atoms with Crippen molar-refractivity contribution in [3.8, 4) is 0 Å². The Kier molecular flexibility index (Phi) is 10.6. The Balaban J connectivity index is 0.00000288. The number of hydrogen-bond acceptors (Lipinski definition) is 3. The maximum absolute atomic E-state index is 11.6. The van der Waals surface area contributed by atoms with E-state index in [1.807, 2.05) is 4.90 Å². The third-order valence-corrected chi connectivity index (χ3v) is 4.53. The van der Waals surface area contributed by atoms with Gasteiger partial charge in [0.25, 0.3) is 0 Å². The van der Waals surface area contributed by atoms with Crippen LogP contribution in [0.2, 0.25) is 0 Å². The Morgan fingerprint density at radius 3 is 2.71 bits per heavy atom. The zero-order valence-electron chi connectivity index (χ0n) is 15.2. The maximum Gasteiger partial charge on any atom is 0.222 e. The van der Waals surface area contributed by atoms with E-state index in [1.54, 1.807) is 0 Å². The van der Waals surface area contributed by atoms with Gasteiger partial charge in [-0.05, 0) is 39.2 Å². The fraction of sp³-hybridized carbons (Fsp3) is 0.882. The van der Waals surface area contributed by atoms with Gasteiger partial charge in [0.05, 0.1) is 0 Å². The number of aliphatic imine (C=N–C) groups is 1. The van der Waals surface area contributed by atoms with E-state index in [4.69, 9.17) is 0 Å². The highest BCUT2D eigenvalue weighted by atomic mass is 127. The molecule has 0 atom stereocenters. The summed E-state index contributed by atoms with van der Waals surface area (Å²) in [6.45, 7) is 10.9. The molecule has 0 aromatic heterocycles. The van der Waals surface area contributed by atoms with E-state index in [1.165, 1.54) is 12.8 Å². The molecule has 0 radical (unpaired) electrons. The standard InChI is InChI=1S/C17H33N5O.HI/c1-3-18-17(20-11-14-21(4-2)15-8-9-15)19-10-6-13-22-12-5-7-16(22)23;/h15H,3-14H2,1-2H3,(H2,18,19,20);1H. The van der Waals surface area contributed by atoms with Gasteiger partial charge in [0.2, 0.25) is 5.91 Å². The Hall–Kier alpha value is -0.570. The van der Waals surface area contributed by atoms with Crippen LogP contribution in [0.15, 0.2) is 4.99 Å². The summed E-state index contributed by atoms with van der Waals surface area (Å²) in [5.74, 6) is 1.20. The summed E-state index contributed by atoms with van der Waals surface area (Å²) in [6.07, 6.45) is 5.39. The third kappa shape index (κ3) is 7.55. The molecule has 1 saturated carbocycles. The molecule has 0 aromatic rings. The predicted molar refractivity (Wildman–Crippen MR) is 110 cm³/mol. The lowest BCUT2D eigenvalue weighted by molar-refractivity contribution is -0.127. The Morgan fingerprint density at radius 2 is 2.12 bits per heavy atom. The van der Waals surface area contributed by atoms with Crippen LogP contribution in [0.5, 0.6) is 0 Å². The summed E-state index contributed by atoms with van der Waals surface area (Å²) in [6, 6.07) is 0.819. The van der Waals surface area contributed by atoms with Gasteiger partial charge in [-0.2, -0.15) is 0 Å². The molecule has 1 aliphatic heterocycles. The monoisotopic (exact) mass is 451 g/mol. The fourth-order valence-corrected chi connectivity index (χ4v) is 3.09. The van der Waals surface area contributed by atoms with Gasteiger partial charge in [-0.15, -0.1) is 24.0 Å². The second-order valence-corrected chi connectivity index (χ2v) is 6.39. The van der Waals surface area contributed by atoms with Crippen molar-refractivity contribution in [2.24, 2.45) is 4.99 Å². The summed E-state index contributed by atoms with van der Waals surface area (Å²) in [7, 11) is 0. The number of amides is 1. The molecule has 0 aromatic carbocycles. The van der Waals surface area contributed by atoms with Crippen molar-refractivity contribution in [2.75, 3.05) is 45.8 Å². The summed E-state index contributed by atoms with van der Waals surface area (Å²) in [5, 5.41) is 6.72. The molecule has 2 aliphatic rings. The van der Waals surface area contributed by atoms with Crippen molar-refractivity contribution in [3.63, 3.8) is 0 Å².